The standard InChI is InChI=1S/C43H45ClF6N12O7/c1-58-32(28-20-61(57-36(28)43(48,49)50)34-14-30-25(17-52-34)12-31(56-30)38(66)54-19-33(63)42(45,46)47)18-53-37(58)39(67)55-26-2-3-27(29(44)13-26)41(69)60-8-6-59(7-9-60)40(68)24-4-10-62(11-5-24,22-35(64)65)21-23-15-51-16-23/h2-3,12-14,17-18,20,23-24,33,51,63H,4-11,15-16,19,21-22H2,1H3,(H3-,52,54,55,56,64,65,66,67,69)/p+1. The van der Waals surface area contributed by atoms with Gasteiger partial charge in [0, 0.05) is 101 Å². The van der Waals surface area contributed by atoms with Crippen LogP contribution in [0, 0.1) is 11.8 Å². The number of carbonyl (C=O) groups excluding carboxylic acids is 4. The van der Waals surface area contributed by atoms with E-state index in [1.54, 1.807) is 9.80 Å². The summed E-state index contributed by atoms with van der Waals surface area (Å²) in [5.74, 6) is -3.29. The molecule has 3 saturated heterocycles. The molecular weight excluding hydrogens is 946 g/mol. The van der Waals surface area contributed by atoms with Crippen molar-refractivity contribution in [2.45, 2.75) is 31.3 Å². The zero-order valence-corrected chi connectivity index (χ0v) is 37.5. The number of aromatic nitrogens is 6. The fraction of sp³-hybridized carbons (Fsp3) is 0.442. The maximum absolute atomic E-state index is 14.4. The molecular formula is C43H46ClF6N12O7+. The van der Waals surface area contributed by atoms with Crippen LogP contribution in [0.5, 0.6) is 0 Å². The Kier molecular flexibility index (Phi) is 13.5. The van der Waals surface area contributed by atoms with E-state index in [2.05, 4.69) is 30.7 Å². The van der Waals surface area contributed by atoms with Crippen LogP contribution < -0.4 is 16.0 Å². The van der Waals surface area contributed by atoms with Crippen molar-refractivity contribution in [3.63, 3.8) is 0 Å². The number of anilines is 1. The first-order valence-electron chi connectivity index (χ1n) is 21.8. The van der Waals surface area contributed by atoms with Gasteiger partial charge in [-0.25, -0.2) is 19.4 Å². The van der Waals surface area contributed by atoms with E-state index in [1.165, 1.54) is 43.6 Å². The van der Waals surface area contributed by atoms with Crippen molar-refractivity contribution in [1.82, 2.24) is 49.7 Å². The number of imidazole rings is 1. The number of aliphatic carboxylic acids is 1. The Hall–Kier alpha value is -6.57. The molecule has 6 N–H and O–H groups in total. The lowest BCUT2D eigenvalue weighted by Gasteiger charge is -2.46. The van der Waals surface area contributed by atoms with Crippen LogP contribution in [-0.4, -0.2) is 168 Å². The van der Waals surface area contributed by atoms with Gasteiger partial charge >= 0.3 is 18.3 Å². The number of H-pyrrole nitrogens is 1. The van der Waals surface area contributed by atoms with E-state index in [4.69, 9.17) is 11.6 Å². The highest BCUT2D eigenvalue weighted by Crippen LogP contribution is 2.37. The van der Waals surface area contributed by atoms with Crippen molar-refractivity contribution in [3.8, 4) is 17.1 Å². The SMILES string of the molecule is Cn1c(-c2cn(-c3cc4[nH]c(C(=O)NCC(O)C(F)(F)F)cc4cn3)nc2C(F)(F)F)cnc1C(=O)Nc1ccc(C(=O)N2CCN(C(=O)C3CC[N+](CC(=O)O)(CC4CNC4)CC3)CC2)c(Cl)c1. The molecule has 8 rings (SSSR count). The minimum absolute atomic E-state index is 0.00169. The number of hydrogen-bond acceptors (Lipinski definition) is 10. The molecule has 19 nitrogen and oxygen atoms in total. The second-order valence-electron chi connectivity index (χ2n) is 17.5. The topological polar surface area (TPSA) is 233 Å². The molecule has 3 aliphatic rings. The number of nitrogens with zero attached hydrogens (tertiary/aromatic N) is 8. The Morgan fingerprint density at radius 1 is 0.942 bits per heavy atom. The van der Waals surface area contributed by atoms with Gasteiger partial charge in [-0.05, 0) is 24.3 Å². The molecule has 1 aromatic carbocycles. The van der Waals surface area contributed by atoms with Crippen molar-refractivity contribution in [1.29, 1.82) is 0 Å². The third-order valence-electron chi connectivity index (χ3n) is 12.8. The molecule has 0 bridgehead atoms. The molecule has 1 atom stereocenters. The van der Waals surface area contributed by atoms with Crippen molar-refractivity contribution < 1.29 is 65.0 Å². The molecule has 3 aliphatic heterocycles. The lowest BCUT2D eigenvalue weighted by atomic mass is 9.90. The summed E-state index contributed by atoms with van der Waals surface area (Å²) in [6, 6.07) is 6.71. The Morgan fingerprint density at radius 3 is 2.26 bits per heavy atom. The van der Waals surface area contributed by atoms with E-state index in [9.17, 15) is 60.5 Å². The number of aromatic amines is 1. The number of carboxylic acids is 1. The van der Waals surface area contributed by atoms with Crippen LogP contribution in [0.15, 0.2) is 48.9 Å². The smallest absolute Gasteiger partial charge is 0.435 e. The zero-order valence-electron chi connectivity index (χ0n) is 36.7. The Bertz CT molecular complexity index is 2790. The van der Waals surface area contributed by atoms with Crippen LogP contribution in [0.25, 0.3) is 28.0 Å². The predicted molar refractivity (Wildman–Crippen MR) is 233 cm³/mol. The maximum Gasteiger partial charge on any atom is 0.435 e. The van der Waals surface area contributed by atoms with Gasteiger partial charge in [-0.15, -0.1) is 0 Å². The first-order chi connectivity index (χ1) is 32.6. The second-order valence-corrected chi connectivity index (χ2v) is 17.9. The summed E-state index contributed by atoms with van der Waals surface area (Å²) in [5, 5.41) is 30.6. The van der Waals surface area contributed by atoms with Gasteiger partial charge in [0.2, 0.25) is 5.91 Å². The van der Waals surface area contributed by atoms with E-state index < -0.39 is 59.9 Å². The number of alkyl halides is 6. The number of piperidine rings is 1. The van der Waals surface area contributed by atoms with E-state index in [0.717, 1.165) is 41.3 Å². The van der Waals surface area contributed by atoms with Crippen LogP contribution in [0.3, 0.4) is 0 Å². The van der Waals surface area contributed by atoms with E-state index >= 15 is 0 Å². The number of likely N-dealkylation sites (tertiary alicyclic amines) is 1. The van der Waals surface area contributed by atoms with Crippen LogP contribution in [0.1, 0.15) is 50.0 Å². The lowest BCUT2D eigenvalue weighted by Crippen LogP contribution is -2.62. The average molecular weight is 992 g/mol. The molecule has 368 valence electrons. The minimum atomic E-state index is -5.00. The number of rotatable bonds is 13. The number of benzene rings is 1. The Morgan fingerprint density at radius 2 is 1.64 bits per heavy atom. The van der Waals surface area contributed by atoms with Crippen LogP contribution in [0.2, 0.25) is 5.02 Å². The van der Waals surface area contributed by atoms with Crippen LogP contribution >= 0.6 is 11.6 Å². The highest BCUT2D eigenvalue weighted by molar-refractivity contribution is 6.34. The van der Waals surface area contributed by atoms with Crippen molar-refractivity contribution in [2.24, 2.45) is 18.9 Å². The summed E-state index contributed by atoms with van der Waals surface area (Å²) in [6.45, 7) is 3.79. The fourth-order valence-electron chi connectivity index (χ4n) is 9.01. The van der Waals surface area contributed by atoms with Gasteiger partial charge < -0.3 is 50.0 Å². The Balaban J connectivity index is 0.888. The first kappa shape index (κ1) is 48.9. The number of carboxylic acid groups (broad SMARTS) is 1. The highest BCUT2D eigenvalue weighted by Gasteiger charge is 2.43. The van der Waals surface area contributed by atoms with Gasteiger partial charge in [-0.1, -0.05) is 11.6 Å². The second kappa shape index (κ2) is 19.1. The monoisotopic (exact) mass is 991 g/mol. The molecule has 4 amide bonds. The number of amides is 4. The van der Waals surface area contributed by atoms with Crippen LogP contribution in [0.4, 0.5) is 32.0 Å². The summed E-state index contributed by atoms with van der Waals surface area (Å²) in [6.07, 6.45) is -8.32. The number of hydrogen-bond donors (Lipinski definition) is 6. The molecule has 0 spiro atoms. The number of aliphatic hydroxyl groups excluding tert-OH is 1. The molecule has 3 fully saturated rings. The largest absolute Gasteiger partial charge is 0.477 e. The van der Waals surface area contributed by atoms with Gasteiger partial charge in [0.25, 0.3) is 17.7 Å². The van der Waals surface area contributed by atoms with Gasteiger partial charge in [0.05, 0.1) is 59.7 Å². The van der Waals surface area contributed by atoms with E-state index in [-0.39, 0.29) is 81.7 Å². The molecule has 0 radical (unpaired) electrons. The zero-order chi connectivity index (χ0) is 49.6. The maximum atomic E-state index is 14.4. The number of piperazine rings is 1. The molecule has 26 heteroatoms. The summed E-state index contributed by atoms with van der Waals surface area (Å²) in [4.78, 5) is 79.0. The van der Waals surface area contributed by atoms with Gasteiger partial charge in [0.15, 0.2) is 30.0 Å². The number of nitrogens with one attached hydrogen (secondary N) is 4. The number of pyridine rings is 1. The summed E-state index contributed by atoms with van der Waals surface area (Å²) in [5.41, 5.74) is -1.73. The third-order valence-corrected chi connectivity index (χ3v) is 13.1. The number of fused-ring (bicyclic) bond motifs is 1. The molecule has 7 heterocycles. The number of halogens is 7. The first-order valence-corrected chi connectivity index (χ1v) is 22.1. The quantitative estimate of drug-likeness (QED) is 0.0738. The molecule has 69 heavy (non-hydrogen) atoms. The molecule has 1 unspecified atom stereocenters. The lowest BCUT2D eigenvalue weighted by molar-refractivity contribution is -0.929. The summed E-state index contributed by atoms with van der Waals surface area (Å²) < 4.78 is 83.7. The van der Waals surface area contributed by atoms with Gasteiger partial charge in [0.1, 0.15) is 5.69 Å². The molecule has 4 aromatic heterocycles. The van der Waals surface area contributed by atoms with Gasteiger partial charge in [-0.2, -0.15) is 31.4 Å². The Labute approximate surface area is 393 Å². The number of aliphatic hydroxyl groups is 1. The van der Waals surface area contributed by atoms with Crippen molar-refractivity contribution in [2.75, 3.05) is 77.3 Å². The fourth-order valence-corrected chi connectivity index (χ4v) is 9.27. The van der Waals surface area contributed by atoms with Crippen molar-refractivity contribution >= 4 is 57.8 Å². The molecule has 5 aromatic rings. The van der Waals surface area contributed by atoms with Crippen molar-refractivity contribution in [3.05, 3.63) is 76.7 Å². The minimum Gasteiger partial charge on any atom is -0.477 e. The van der Waals surface area contributed by atoms with Gasteiger partial charge in [-0.3, -0.25) is 19.2 Å². The summed E-state index contributed by atoms with van der Waals surface area (Å²) >= 11 is 6.56. The van der Waals surface area contributed by atoms with E-state index in [1.807, 2.05) is 5.32 Å². The summed E-state index contributed by atoms with van der Waals surface area (Å²) in [7, 11) is 1.32. The van der Waals surface area contributed by atoms with E-state index in [0.29, 0.717) is 49.4 Å². The van der Waals surface area contributed by atoms with Crippen LogP contribution in [-0.2, 0) is 22.8 Å². The number of carbonyl (C=O) groups is 5. The molecule has 0 aliphatic carbocycles. The molecule has 0 saturated carbocycles. The third kappa shape index (κ3) is 10.5. The predicted octanol–water partition coefficient (Wildman–Crippen LogP) is 3.54. The number of quaternary nitrogens is 1. The highest BCUT2D eigenvalue weighted by atomic mass is 35.5. The normalized spacial score (nSPS) is 19.6. The average Bonchev–Trinajstić information content (AvgIpc) is 4.03.